The second-order valence-electron chi connectivity index (χ2n) is 8.26. The number of para-hydroxylation sites is 1. The first-order chi connectivity index (χ1) is 17.4. The molecule has 0 unspecified atom stereocenters. The third-order valence-electron chi connectivity index (χ3n) is 5.96. The molecule has 0 aliphatic rings. The van der Waals surface area contributed by atoms with Gasteiger partial charge in [0, 0.05) is 12.1 Å². The van der Waals surface area contributed by atoms with E-state index in [4.69, 9.17) is 0 Å². The van der Waals surface area contributed by atoms with Crippen molar-refractivity contribution in [2.75, 3.05) is 0 Å². The zero-order valence-electron chi connectivity index (χ0n) is 19.0. The summed E-state index contributed by atoms with van der Waals surface area (Å²) in [7, 11) is -1.14. The van der Waals surface area contributed by atoms with Crippen LogP contribution >= 0.6 is 7.92 Å². The molecule has 180 valence electrons. The molecule has 0 radical (unpaired) electrons. The lowest BCUT2D eigenvalue weighted by molar-refractivity contribution is -0.137. The van der Waals surface area contributed by atoms with Gasteiger partial charge >= 0.3 is 6.18 Å². The van der Waals surface area contributed by atoms with E-state index in [1.54, 1.807) is 12.1 Å². The number of fused-ring (bicyclic) bond motifs is 1. The van der Waals surface area contributed by atoms with Gasteiger partial charge in [-0.3, -0.25) is 4.79 Å². The number of hydrogen-bond acceptors (Lipinski definition) is 3. The van der Waals surface area contributed by atoms with Crippen LogP contribution in [0.15, 0.2) is 109 Å². The molecule has 0 aliphatic heterocycles. The van der Waals surface area contributed by atoms with Crippen molar-refractivity contribution in [2.24, 2.45) is 0 Å². The third kappa shape index (κ3) is 4.93. The number of aromatic nitrogens is 3. The number of carbonyl (C=O) groups is 1. The Bertz CT molecular complexity index is 1430. The summed E-state index contributed by atoms with van der Waals surface area (Å²) >= 11 is 0. The molecular formula is C28H21F3N3OP. The maximum atomic E-state index is 13.6. The molecule has 8 heteroatoms. The van der Waals surface area contributed by atoms with Crippen molar-refractivity contribution in [3.63, 3.8) is 0 Å². The fourth-order valence-corrected chi connectivity index (χ4v) is 7.06. The molecule has 1 aromatic heterocycles. The number of benzene rings is 4. The molecule has 0 spiro atoms. The second kappa shape index (κ2) is 10.0. The molecule has 0 aliphatic carbocycles. The number of halogens is 3. The highest BCUT2D eigenvalue weighted by atomic mass is 31.1. The zero-order chi connectivity index (χ0) is 25.1. The maximum Gasteiger partial charge on any atom is 0.416 e. The molecule has 0 saturated carbocycles. The highest BCUT2D eigenvalue weighted by Crippen LogP contribution is 2.52. The lowest BCUT2D eigenvalue weighted by Crippen LogP contribution is -2.22. The van der Waals surface area contributed by atoms with Gasteiger partial charge in [0.05, 0.1) is 11.1 Å². The minimum absolute atomic E-state index is 0.0498. The summed E-state index contributed by atoms with van der Waals surface area (Å²) in [5, 5.41) is 10.2. The van der Waals surface area contributed by atoms with Gasteiger partial charge in [-0.15, -0.1) is 5.10 Å². The SMILES string of the molecule is O=C(C[C@H](c1ccc(C(F)(F)F)cc1)P(c1ccccc1)c1ccccc1)n1nnc2ccccc21. The van der Waals surface area contributed by atoms with Gasteiger partial charge in [-0.25, -0.2) is 0 Å². The van der Waals surface area contributed by atoms with Crippen LogP contribution in [0.4, 0.5) is 13.2 Å². The highest BCUT2D eigenvalue weighted by molar-refractivity contribution is 7.73. The summed E-state index contributed by atoms with van der Waals surface area (Å²) in [4.78, 5) is 13.6. The van der Waals surface area contributed by atoms with E-state index in [1.165, 1.54) is 16.8 Å². The normalized spacial score (nSPS) is 12.7. The van der Waals surface area contributed by atoms with Gasteiger partial charge in [0.2, 0.25) is 5.91 Å². The quantitative estimate of drug-likeness (QED) is 0.254. The van der Waals surface area contributed by atoms with Crippen LogP contribution in [-0.4, -0.2) is 20.9 Å². The van der Waals surface area contributed by atoms with Crippen molar-refractivity contribution in [3.8, 4) is 0 Å². The van der Waals surface area contributed by atoms with E-state index in [0.717, 1.165) is 22.7 Å². The van der Waals surface area contributed by atoms with Crippen molar-refractivity contribution in [2.45, 2.75) is 18.3 Å². The Morgan fingerprint density at radius 3 is 1.92 bits per heavy atom. The first-order valence-electron chi connectivity index (χ1n) is 11.3. The van der Waals surface area contributed by atoms with Gasteiger partial charge in [-0.2, -0.15) is 17.9 Å². The standard InChI is InChI=1S/C28H21F3N3OP/c29-28(30,31)21-17-15-20(16-18-21)26(19-27(35)34-25-14-8-7-13-24(25)32-33-34)36(22-9-3-1-4-10-22)23-11-5-2-6-12-23/h1-18,26H,19H2/t26-/m1/s1. The molecule has 0 N–H and O–H groups in total. The van der Waals surface area contributed by atoms with E-state index in [-0.39, 0.29) is 18.0 Å². The van der Waals surface area contributed by atoms with Crippen molar-refractivity contribution < 1.29 is 18.0 Å². The lowest BCUT2D eigenvalue weighted by Gasteiger charge is -2.29. The number of rotatable bonds is 6. The molecule has 5 rings (SSSR count). The van der Waals surface area contributed by atoms with Crippen LogP contribution < -0.4 is 10.6 Å². The Morgan fingerprint density at radius 1 is 0.778 bits per heavy atom. The average Bonchev–Trinajstić information content (AvgIpc) is 3.34. The third-order valence-corrected chi connectivity index (χ3v) is 8.77. The molecule has 36 heavy (non-hydrogen) atoms. The van der Waals surface area contributed by atoms with Crippen molar-refractivity contribution >= 4 is 35.5 Å². The Labute approximate surface area is 207 Å². The molecule has 0 amide bonds. The number of hydrogen-bond donors (Lipinski definition) is 0. The van der Waals surface area contributed by atoms with Crippen molar-refractivity contribution in [1.82, 2.24) is 15.0 Å². The van der Waals surface area contributed by atoms with Gasteiger partial charge in [0.1, 0.15) is 5.52 Å². The van der Waals surface area contributed by atoms with Gasteiger partial charge in [0.15, 0.2) is 0 Å². The average molecular weight is 503 g/mol. The van der Waals surface area contributed by atoms with E-state index in [9.17, 15) is 18.0 Å². The van der Waals surface area contributed by atoms with Crippen LogP contribution in [0.25, 0.3) is 11.0 Å². The summed E-state index contributed by atoms with van der Waals surface area (Å²) in [6, 6.07) is 31.9. The van der Waals surface area contributed by atoms with Gasteiger partial charge < -0.3 is 0 Å². The summed E-state index contributed by atoms with van der Waals surface area (Å²) in [6.45, 7) is 0. The Balaban J connectivity index is 1.62. The topological polar surface area (TPSA) is 47.8 Å². The first kappa shape index (κ1) is 23.9. The van der Waals surface area contributed by atoms with Crippen molar-refractivity contribution in [3.05, 3.63) is 120 Å². The molecule has 4 aromatic carbocycles. The number of carbonyl (C=O) groups excluding carboxylic acids is 1. The largest absolute Gasteiger partial charge is 0.416 e. The molecule has 1 heterocycles. The lowest BCUT2D eigenvalue weighted by atomic mass is 10.1. The van der Waals surface area contributed by atoms with E-state index in [2.05, 4.69) is 10.3 Å². The molecular weight excluding hydrogens is 482 g/mol. The summed E-state index contributed by atoms with van der Waals surface area (Å²) in [5.41, 5.74) is 0.757. The van der Waals surface area contributed by atoms with Gasteiger partial charge in [-0.05, 0) is 48.4 Å². The molecule has 5 aromatic rings. The molecule has 0 fully saturated rings. The predicted molar refractivity (Wildman–Crippen MR) is 136 cm³/mol. The molecule has 0 saturated heterocycles. The van der Waals surface area contributed by atoms with Crippen molar-refractivity contribution in [1.29, 1.82) is 0 Å². The molecule has 4 nitrogen and oxygen atoms in total. The molecule has 1 atom stereocenters. The van der Waals surface area contributed by atoms with Crippen LogP contribution in [0.2, 0.25) is 0 Å². The first-order valence-corrected chi connectivity index (χ1v) is 12.7. The van der Waals surface area contributed by atoms with Crippen LogP contribution in [-0.2, 0) is 6.18 Å². The Hall–Kier alpha value is -3.83. The minimum atomic E-state index is -4.44. The van der Waals surface area contributed by atoms with E-state index < -0.39 is 19.7 Å². The van der Waals surface area contributed by atoms with E-state index in [1.807, 2.05) is 72.8 Å². The summed E-state index contributed by atoms with van der Waals surface area (Å²) < 4.78 is 41.1. The van der Waals surface area contributed by atoms with Gasteiger partial charge in [-0.1, -0.05) is 90.1 Å². The Morgan fingerprint density at radius 2 is 1.33 bits per heavy atom. The van der Waals surface area contributed by atoms with Gasteiger partial charge in [0.25, 0.3) is 0 Å². The van der Waals surface area contributed by atoms with Crippen LogP contribution in [0.1, 0.15) is 28.0 Å². The number of nitrogens with zero attached hydrogens (tertiary/aromatic N) is 3. The van der Waals surface area contributed by atoms with E-state index >= 15 is 0 Å². The predicted octanol–water partition coefficient (Wildman–Crippen LogP) is 6.35. The second-order valence-corrected chi connectivity index (χ2v) is 10.7. The van der Waals surface area contributed by atoms with Crippen LogP contribution in [0.3, 0.4) is 0 Å². The minimum Gasteiger partial charge on any atom is -0.272 e. The smallest absolute Gasteiger partial charge is 0.272 e. The molecule has 0 bridgehead atoms. The Kier molecular flexibility index (Phi) is 6.66. The highest BCUT2D eigenvalue weighted by Gasteiger charge is 2.33. The fraction of sp³-hybridized carbons (Fsp3) is 0.107. The van der Waals surface area contributed by atoms with Crippen LogP contribution in [0.5, 0.6) is 0 Å². The maximum absolute atomic E-state index is 13.6. The van der Waals surface area contributed by atoms with Crippen LogP contribution in [0, 0.1) is 0 Å². The summed E-state index contributed by atoms with van der Waals surface area (Å²) in [5.74, 6) is -0.270. The zero-order valence-corrected chi connectivity index (χ0v) is 19.9. The monoisotopic (exact) mass is 503 g/mol. The van der Waals surface area contributed by atoms with E-state index in [0.29, 0.717) is 16.6 Å². The number of alkyl halides is 3. The summed E-state index contributed by atoms with van der Waals surface area (Å²) in [6.07, 6.45) is -4.39. The fourth-order valence-electron chi connectivity index (χ4n) is 4.24.